The average Bonchev–Trinajstić information content (AvgIpc) is 2.71. The van der Waals surface area contributed by atoms with Gasteiger partial charge in [-0.25, -0.2) is 15.0 Å². The van der Waals surface area contributed by atoms with Crippen LogP contribution in [0, 0.1) is 0 Å². The van der Waals surface area contributed by atoms with E-state index in [2.05, 4.69) is 19.9 Å². The number of nitrogen functional groups attached to an aromatic ring is 1. The number of anilines is 1. The summed E-state index contributed by atoms with van der Waals surface area (Å²) < 4.78 is 0. The molecule has 0 saturated heterocycles. The Morgan fingerprint density at radius 2 is 2.18 bits per heavy atom. The Bertz CT molecular complexity index is 638. The van der Waals surface area contributed by atoms with Crippen LogP contribution in [-0.4, -0.2) is 19.9 Å². The van der Waals surface area contributed by atoms with E-state index >= 15 is 0 Å². The summed E-state index contributed by atoms with van der Waals surface area (Å²) in [4.78, 5) is 15.4. The predicted molar refractivity (Wildman–Crippen MR) is 66.5 cm³/mol. The molecule has 2 aromatic heterocycles. The van der Waals surface area contributed by atoms with Gasteiger partial charge in [0.05, 0.1) is 16.8 Å². The highest BCUT2D eigenvalue weighted by Gasteiger charge is 2.12. The van der Waals surface area contributed by atoms with E-state index < -0.39 is 0 Å². The van der Waals surface area contributed by atoms with E-state index in [0.29, 0.717) is 27.7 Å². The van der Waals surface area contributed by atoms with Crippen LogP contribution in [0.2, 0.25) is 5.02 Å². The lowest BCUT2D eigenvalue weighted by Crippen LogP contribution is -1.91. The summed E-state index contributed by atoms with van der Waals surface area (Å²) in [5.74, 6) is 0.601. The van der Waals surface area contributed by atoms with Crippen molar-refractivity contribution >= 4 is 28.5 Å². The zero-order valence-electron chi connectivity index (χ0n) is 8.68. The van der Waals surface area contributed by atoms with Crippen LogP contribution in [0.3, 0.4) is 0 Å². The van der Waals surface area contributed by atoms with Crippen LogP contribution in [-0.2, 0) is 0 Å². The van der Waals surface area contributed by atoms with Gasteiger partial charge in [0.2, 0.25) is 0 Å². The molecule has 0 unspecified atom stereocenters. The van der Waals surface area contributed by atoms with Gasteiger partial charge in [-0.2, -0.15) is 0 Å². The molecule has 84 valence electrons. The first-order chi connectivity index (χ1) is 8.25. The third kappa shape index (κ3) is 1.60. The Hall–Kier alpha value is -2.14. The van der Waals surface area contributed by atoms with Crippen LogP contribution in [0.15, 0.2) is 30.7 Å². The van der Waals surface area contributed by atoms with Gasteiger partial charge >= 0.3 is 0 Å². The predicted octanol–water partition coefficient (Wildman–Crippen LogP) is 2.26. The Labute approximate surface area is 102 Å². The number of aromatic amines is 1. The molecule has 3 N–H and O–H groups in total. The third-order valence-electron chi connectivity index (χ3n) is 2.44. The Balaban J connectivity index is 2.27. The highest BCUT2D eigenvalue weighted by molar-refractivity contribution is 6.33. The number of H-pyrrole nitrogens is 1. The molecule has 3 rings (SSSR count). The molecule has 0 bridgehead atoms. The maximum absolute atomic E-state index is 6.12. The molecule has 0 fully saturated rings. The minimum absolute atomic E-state index is 0.553. The Morgan fingerprint density at radius 1 is 1.29 bits per heavy atom. The van der Waals surface area contributed by atoms with Gasteiger partial charge < -0.3 is 10.7 Å². The first-order valence-electron chi connectivity index (χ1n) is 4.96. The number of aromatic nitrogens is 4. The summed E-state index contributed by atoms with van der Waals surface area (Å²) in [5.41, 5.74) is 8.50. The van der Waals surface area contributed by atoms with E-state index in [0.717, 1.165) is 5.52 Å². The molecule has 17 heavy (non-hydrogen) atoms. The molecule has 0 spiro atoms. The summed E-state index contributed by atoms with van der Waals surface area (Å²) in [6, 6.07) is 5.34. The molecule has 0 amide bonds. The van der Waals surface area contributed by atoms with Gasteiger partial charge in [-0.3, -0.25) is 0 Å². The molecule has 1 aromatic carbocycles. The third-order valence-corrected chi connectivity index (χ3v) is 2.76. The van der Waals surface area contributed by atoms with Gasteiger partial charge in [0.15, 0.2) is 5.65 Å². The highest BCUT2D eigenvalue weighted by atomic mass is 35.5. The molecule has 3 aromatic rings. The van der Waals surface area contributed by atoms with Gasteiger partial charge in [-0.15, -0.1) is 0 Å². The van der Waals surface area contributed by atoms with Crippen molar-refractivity contribution in [2.24, 2.45) is 0 Å². The van der Waals surface area contributed by atoms with Crippen molar-refractivity contribution in [3.05, 3.63) is 35.7 Å². The minimum atomic E-state index is 0.553. The summed E-state index contributed by atoms with van der Waals surface area (Å²) in [6.07, 6.45) is 3.11. The van der Waals surface area contributed by atoms with Gasteiger partial charge in [-0.05, 0) is 12.1 Å². The normalized spacial score (nSPS) is 10.9. The standard InChI is InChI=1S/C11H8ClN5/c12-6-2-1-3-7(13)9(6)11-16-8-4-14-5-15-10(8)17-11/h1-5H,13H2,(H,14,15,16,17). The first-order valence-corrected chi connectivity index (χ1v) is 5.33. The first kappa shape index (κ1) is 10.0. The van der Waals surface area contributed by atoms with Crippen molar-refractivity contribution < 1.29 is 0 Å². The number of fused-ring (bicyclic) bond motifs is 1. The van der Waals surface area contributed by atoms with Crippen molar-refractivity contribution in [3.63, 3.8) is 0 Å². The number of halogens is 1. The van der Waals surface area contributed by atoms with Crippen molar-refractivity contribution in [2.45, 2.75) is 0 Å². The summed E-state index contributed by atoms with van der Waals surface area (Å²) >= 11 is 6.12. The summed E-state index contributed by atoms with van der Waals surface area (Å²) in [7, 11) is 0. The molecular weight excluding hydrogens is 238 g/mol. The topological polar surface area (TPSA) is 80.5 Å². The van der Waals surface area contributed by atoms with E-state index in [9.17, 15) is 0 Å². The largest absolute Gasteiger partial charge is 0.398 e. The minimum Gasteiger partial charge on any atom is -0.398 e. The molecule has 5 nitrogen and oxygen atoms in total. The number of benzene rings is 1. The van der Waals surface area contributed by atoms with Crippen molar-refractivity contribution in [1.29, 1.82) is 0 Å². The van der Waals surface area contributed by atoms with Crippen molar-refractivity contribution in [2.75, 3.05) is 5.73 Å². The van der Waals surface area contributed by atoms with Crippen molar-refractivity contribution in [3.8, 4) is 11.4 Å². The monoisotopic (exact) mass is 245 g/mol. The van der Waals surface area contributed by atoms with E-state index in [1.807, 2.05) is 0 Å². The van der Waals surface area contributed by atoms with Crippen molar-refractivity contribution in [1.82, 2.24) is 19.9 Å². The number of nitrogens with zero attached hydrogens (tertiary/aromatic N) is 3. The van der Waals surface area contributed by atoms with E-state index in [-0.39, 0.29) is 0 Å². The quantitative estimate of drug-likeness (QED) is 0.645. The zero-order valence-corrected chi connectivity index (χ0v) is 9.44. The lowest BCUT2D eigenvalue weighted by Gasteiger charge is -2.03. The maximum atomic E-state index is 6.12. The van der Waals surface area contributed by atoms with Crippen LogP contribution in [0.25, 0.3) is 22.6 Å². The molecular formula is C11H8ClN5. The Morgan fingerprint density at radius 3 is 2.94 bits per heavy atom. The number of rotatable bonds is 1. The lowest BCUT2D eigenvalue weighted by atomic mass is 10.2. The number of nitrogens with one attached hydrogen (secondary N) is 1. The maximum Gasteiger partial charge on any atom is 0.181 e. The molecule has 0 atom stereocenters. The number of imidazole rings is 1. The van der Waals surface area contributed by atoms with Crippen LogP contribution in [0.1, 0.15) is 0 Å². The fourth-order valence-electron chi connectivity index (χ4n) is 1.67. The van der Waals surface area contributed by atoms with E-state index in [1.54, 1.807) is 24.4 Å². The summed E-state index contributed by atoms with van der Waals surface area (Å²) in [5, 5.41) is 0.553. The zero-order chi connectivity index (χ0) is 11.8. The second kappa shape index (κ2) is 3.71. The molecule has 2 heterocycles. The van der Waals surface area contributed by atoms with E-state index in [4.69, 9.17) is 17.3 Å². The van der Waals surface area contributed by atoms with Crippen LogP contribution in [0.5, 0.6) is 0 Å². The molecule has 0 aliphatic rings. The van der Waals surface area contributed by atoms with Crippen LogP contribution >= 0.6 is 11.6 Å². The van der Waals surface area contributed by atoms with Gasteiger partial charge in [0.1, 0.15) is 17.7 Å². The fraction of sp³-hybridized carbons (Fsp3) is 0. The number of nitrogens with two attached hydrogens (primary N) is 1. The molecule has 0 radical (unpaired) electrons. The number of hydrogen-bond donors (Lipinski definition) is 2. The van der Waals surface area contributed by atoms with Gasteiger partial charge in [-0.1, -0.05) is 17.7 Å². The molecule has 0 aliphatic heterocycles. The van der Waals surface area contributed by atoms with Gasteiger partial charge in [0.25, 0.3) is 0 Å². The molecule has 0 aliphatic carbocycles. The molecule has 6 heteroatoms. The molecule has 0 saturated carbocycles. The Kier molecular flexibility index (Phi) is 2.19. The van der Waals surface area contributed by atoms with Gasteiger partial charge in [0, 0.05) is 5.69 Å². The SMILES string of the molecule is Nc1cccc(Cl)c1-c1nc2ncncc2[nH]1. The van der Waals surface area contributed by atoms with Crippen LogP contribution < -0.4 is 5.73 Å². The second-order valence-electron chi connectivity index (χ2n) is 3.55. The second-order valence-corrected chi connectivity index (χ2v) is 3.96. The lowest BCUT2D eigenvalue weighted by molar-refractivity contribution is 1.20. The fourth-order valence-corrected chi connectivity index (χ4v) is 1.94. The number of hydrogen-bond acceptors (Lipinski definition) is 4. The highest BCUT2D eigenvalue weighted by Crippen LogP contribution is 2.31. The summed E-state index contributed by atoms with van der Waals surface area (Å²) in [6.45, 7) is 0. The van der Waals surface area contributed by atoms with E-state index in [1.165, 1.54) is 6.33 Å². The average molecular weight is 246 g/mol. The van der Waals surface area contributed by atoms with Crippen LogP contribution in [0.4, 0.5) is 5.69 Å². The smallest absolute Gasteiger partial charge is 0.181 e.